The zero-order valence-electron chi connectivity index (χ0n) is 11.0. The largest absolute Gasteiger partial charge is 0.508 e. The number of phenols is 1. The van der Waals surface area contributed by atoms with Gasteiger partial charge in [0.05, 0.1) is 18.2 Å². The topological polar surface area (TPSA) is 40.5 Å². The van der Waals surface area contributed by atoms with Crippen LogP contribution in [-0.2, 0) is 37.5 Å². The van der Waals surface area contributed by atoms with Crippen LogP contribution in [0.4, 0.5) is 17.6 Å². The van der Waals surface area contributed by atoms with Crippen molar-refractivity contribution >= 4 is 23.2 Å². The first-order valence-corrected chi connectivity index (χ1v) is 6.27. The van der Waals surface area contributed by atoms with Crippen LogP contribution < -0.4 is 0 Å². The van der Waals surface area contributed by atoms with Gasteiger partial charge in [-0.15, -0.1) is 17.3 Å². The second-order valence-electron chi connectivity index (χ2n) is 4.32. The van der Waals surface area contributed by atoms with E-state index in [-0.39, 0.29) is 39.1 Å². The summed E-state index contributed by atoms with van der Waals surface area (Å²) in [6, 6.07) is 1.23. The van der Waals surface area contributed by atoms with Crippen molar-refractivity contribution in [1.82, 2.24) is 4.90 Å². The number of hydrogen-bond acceptors (Lipinski definition) is 2. The van der Waals surface area contributed by atoms with Crippen LogP contribution in [0.5, 0.6) is 5.75 Å². The van der Waals surface area contributed by atoms with Gasteiger partial charge < -0.3 is 10.0 Å². The second kappa shape index (κ2) is 7.75. The van der Waals surface area contributed by atoms with Crippen LogP contribution in [0.1, 0.15) is 12.0 Å². The van der Waals surface area contributed by atoms with Gasteiger partial charge in [-0.3, -0.25) is 4.79 Å². The third kappa shape index (κ3) is 4.00. The summed E-state index contributed by atoms with van der Waals surface area (Å²) < 4.78 is 52.8. The smallest absolute Gasteiger partial charge is 0.256 e. The molecule has 9 heteroatoms. The molecular formula is C13H9ClF4NO2Y-. The van der Waals surface area contributed by atoms with E-state index in [9.17, 15) is 22.4 Å². The summed E-state index contributed by atoms with van der Waals surface area (Å²) in [4.78, 5) is 12.3. The van der Waals surface area contributed by atoms with Gasteiger partial charge in [-0.1, -0.05) is 12.0 Å². The van der Waals surface area contributed by atoms with Crippen LogP contribution in [-0.4, -0.2) is 34.3 Å². The monoisotopic (exact) mass is 411 g/mol. The number of carbonyl (C=O) groups is 1. The molecule has 1 heterocycles. The Hall–Kier alpha value is -0.656. The van der Waals surface area contributed by atoms with Crippen LogP contribution >= 0.6 is 11.6 Å². The number of phenolic OH excluding ortho intramolecular Hbond substituents is 1. The number of amides is 1. The van der Waals surface area contributed by atoms with E-state index >= 15 is 0 Å². The third-order valence-corrected chi connectivity index (χ3v) is 3.18. The molecule has 0 aliphatic carbocycles. The standard InChI is InChI=1S/C13H9ClF4NO2.Y/c14-7-1-2-10(19(13(7)21)5-11(17)18)12-8(15)3-6(20)4-9(12)16;/h3-4,7,11,20H,1,5H2;/q-1;. The third-order valence-electron chi connectivity index (χ3n) is 2.84. The molecule has 1 radical (unpaired) electrons. The van der Waals surface area contributed by atoms with Crippen molar-refractivity contribution < 1.29 is 60.2 Å². The minimum atomic E-state index is -2.91. The van der Waals surface area contributed by atoms with Crippen LogP contribution in [0.15, 0.2) is 12.1 Å². The van der Waals surface area contributed by atoms with Crippen molar-refractivity contribution in [3.63, 3.8) is 0 Å². The first-order valence-electron chi connectivity index (χ1n) is 5.84. The molecule has 1 amide bonds. The van der Waals surface area contributed by atoms with Crippen molar-refractivity contribution in [2.24, 2.45) is 0 Å². The van der Waals surface area contributed by atoms with E-state index in [1.807, 2.05) is 0 Å². The van der Waals surface area contributed by atoms with Crippen molar-refractivity contribution in [1.29, 1.82) is 0 Å². The van der Waals surface area contributed by atoms with Gasteiger partial charge in [-0.05, 0) is 12.1 Å². The molecule has 1 unspecified atom stereocenters. The Bertz CT molecular complexity index is 589. The van der Waals surface area contributed by atoms with Gasteiger partial charge in [0.25, 0.3) is 6.43 Å². The van der Waals surface area contributed by atoms with E-state index in [0.29, 0.717) is 17.0 Å². The molecule has 1 aromatic rings. The summed E-state index contributed by atoms with van der Waals surface area (Å²) in [5.74, 6) is -3.91. The van der Waals surface area contributed by atoms with Crippen LogP contribution in [0.25, 0.3) is 5.70 Å². The predicted octanol–water partition coefficient (Wildman–Crippen LogP) is 2.92. The van der Waals surface area contributed by atoms with Gasteiger partial charge in [-0.25, -0.2) is 23.6 Å². The minimum Gasteiger partial charge on any atom is -0.508 e. The summed E-state index contributed by atoms with van der Waals surface area (Å²) in [5.41, 5.74) is -1.14. The molecule has 3 nitrogen and oxygen atoms in total. The Morgan fingerprint density at radius 3 is 2.41 bits per heavy atom. The summed E-state index contributed by atoms with van der Waals surface area (Å²) >= 11 is 5.66. The molecular weight excluding hydrogens is 402 g/mol. The summed E-state index contributed by atoms with van der Waals surface area (Å²) in [6.07, 6.45) is -0.597. The number of halogens is 5. The molecule has 117 valence electrons. The average Bonchev–Trinajstić information content (AvgIpc) is 2.36. The Balaban J connectivity index is 0.00000242. The maximum Gasteiger partial charge on any atom is 0.256 e. The number of aromatic hydroxyl groups is 1. The molecule has 1 aliphatic heterocycles. The van der Waals surface area contributed by atoms with Crippen molar-refractivity contribution in [2.45, 2.75) is 18.2 Å². The maximum absolute atomic E-state index is 13.8. The summed E-state index contributed by atoms with van der Waals surface area (Å²) in [7, 11) is 0. The summed E-state index contributed by atoms with van der Waals surface area (Å²) in [5, 5.41) is 7.98. The molecule has 1 aromatic carbocycles. The average molecular weight is 412 g/mol. The van der Waals surface area contributed by atoms with Gasteiger partial charge in [0, 0.05) is 32.7 Å². The molecule has 0 bridgehead atoms. The van der Waals surface area contributed by atoms with E-state index < -0.39 is 52.9 Å². The van der Waals surface area contributed by atoms with Crippen LogP contribution in [0.2, 0.25) is 0 Å². The fourth-order valence-electron chi connectivity index (χ4n) is 1.98. The molecule has 0 saturated carbocycles. The van der Waals surface area contributed by atoms with E-state index in [4.69, 9.17) is 16.7 Å². The maximum atomic E-state index is 13.8. The SMILES string of the molecule is O=C1C(Cl)C[C-]=C(c2c(F)cc(O)cc2F)N1CC(F)F.[Y]. The van der Waals surface area contributed by atoms with Gasteiger partial charge in [0.2, 0.25) is 5.91 Å². The molecule has 1 N–H and O–H groups in total. The fourth-order valence-corrected chi connectivity index (χ4v) is 2.17. The van der Waals surface area contributed by atoms with Gasteiger partial charge in [0.1, 0.15) is 11.1 Å². The predicted molar refractivity (Wildman–Crippen MR) is 66.6 cm³/mol. The quantitative estimate of drug-likeness (QED) is 0.472. The fraction of sp³-hybridized carbons (Fsp3) is 0.308. The molecule has 0 spiro atoms. The van der Waals surface area contributed by atoms with Crippen molar-refractivity contribution in [3.8, 4) is 5.75 Å². The first kappa shape index (κ1) is 19.4. The number of nitrogens with zero attached hydrogens (tertiary/aromatic N) is 1. The minimum absolute atomic E-state index is 0. The first-order chi connectivity index (χ1) is 9.81. The van der Waals surface area contributed by atoms with Gasteiger partial charge in [-0.2, -0.15) is 0 Å². The Labute approximate surface area is 153 Å². The normalized spacial score (nSPS) is 18.3. The molecule has 2 rings (SSSR count). The number of carbonyl (C=O) groups excluding carboxylic acids is 1. The molecule has 0 fully saturated rings. The number of alkyl halides is 3. The zero-order chi connectivity index (χ0) is 15.7. The molecule has 1 aliphatic rings. The van der Waals surface area contributed by atoms with Crippen LogP contribution in [0, 0.1) is 17.7 Å². The number of benzene rings is 1. The Morgan fingerprint density at radius 1 is 1.36 bits per heavy atom. The van der Waals surface area contributed by atoms with Crippen molar-refractivity contribution in [2.75, 3.05) is 6.54 Å². The van der Waals surface area contributed by atoms with Gasteiger partial charge >= 0.3 is 0 Å². The zero-order valence-corrected chi connectivity index (χ0v) is 14.6. The van der Waals surface area contributed by atoms with E-state index in [1.165, 1.54) is 0 Å². The summed E-state index contributed by atoms with van der Waals surface area (Å²) in [6.45, 7) is -1.05. The Kier molecular flexibility index (Phi) is 6.83. The van der Waals surface area contributed by atoms with Crippen molar-refractivity contribution in [3.05, 3.63) is 35.4 Å². The number of allylic oxidation sites excluding steroid dienone is 1. The second-order valence-corrected chi connectivity index (χ2v) is 4.85. The molecule has 1 atom stereocenters. The number of rotatable bonds is 3. The Morgan fingerprint density at radius 2 is 1.91 bits per heavy atom. The molecule has 0 aromatic heterocycles. The van der Waals surface area contributed by atoms with Crippen LogP contribution in [0.3, 0.4) is 0 Å². The van der Waals surface area contributed by atoms with E-state index in [0.717, 1.165) is 0 Å². The van der Waals surface area contributed by atoms with Gasteiger partial charge in [0.15, 0.2) is 0 Å². The van der Waals surface area contributed by atoms with E-state index in [2.05, 4.69) is 6.08 Å². The van der Waals surface area contributed by atoms with E-state index in [1.54, 1.807) is 0 Å². The molecule has 22 heavy (non-hydrogen) atoms. The molecule has 0 saturated heterocycles. The number of hydrogen-bond donors (Lipinski definition) is 1.